The number of furan rings is 1. The Morgan fingerprint density at radius 2 is 2.10 bits per heavy atom. The lowest BCUT2D eigenvalue weighted by Gasteiger charge is -2.10. The largest absolute Gasteiger partial charge is 0.463 e. The Kier molecular flexibility index (Phi) is 5.21. The van der Waals surface area contributed by atoms with Crippen molar-refractivity contribution in [3.05, 3.63) is 47.9 Å². The highest BCUT2D eigenvalue weighted by Crippen LogP contribution is 2.31. The minimum absolute atomic E-state index is 0.101. The van der Waals surface area contributed by atoms with Crippen molar-refractivity contribution in [2.24, 2.45) is 0 Å². The van der Waals surface area contributed by atoms with E-state index in [4.69, 9.17) is 4.42 Å². The molecular weight excluding hydrogens is 300 g/mol. The van der Waals surface area contributed by atoms with Crippen molar-refractivity contribution in [2.75, 3.05) is 12.4 Å². The quantitative estimate of drug-likeness (QED) is 0.645. The number of anilines is 1. The molecule has 0 bridgehead atoms. The first-order chi connectivity index (χ1) is 10.1. The monoisotopic (exact) mass is 313 g/mol. The molecule has 1 aromatic carbocycles. The van der Waals surface area contributed by atoms with Gasteiger partial charge in [0.05, 0.1) is 13.7 Å². The summed E-state index contributed by atoms with van der Waals surface area (Å²) in [6, 6.07) is 9.89. The van der Waals surface area contributed by atoms with Gasteiger partial charge in [0.15, 0.2) is 0 Å². The Morgan fingerprint density at radius 1 is 1.33 bits per heavy atom. The van der Waals surface area contributed by atoms with Gasteiger partial charge in [-0.15, -0.1) is 0 Å². The topological polar surface area (TPSA) is 51.5 Å². The number of ether oxygens (including phenoxy) is 1. The molecule has 7 heteroatoms. The molecule has 0 amide bonds. The van der Waals surface area contributed by atoms with Crippen LogP contribution in [0.3, 0.4) is 0 Å². The maximum Gasteiger partial charge on any atom is 0.373 e. The average Bonchev–Trinajstić information content (AvgIpc) is 2.94. The van der Waals surface area contributed by atoms with Gasteiger partial charge in [-0.2, -0.15) is 8.78 Å². The number of rotatable bonds is 6. The first kappa shape index (κ1) is 15.4. The van der Waals surface area contributed by atoms with Crippen LogP contribution in [0.15, 0.2) is 45.7 Å². The van der Waals surface area contributed by atoms with E-state index in [2.05, 4.69) is 10.1 Å². The molecule has 0 atom stereocenters. The van der Waals surface area contributed by atoms with Crippen LogP contribution in [-0.2, 0) is 11.3 Å². The van der Waals surface area contributed by atoms with Gasteiger partial charge in [-0.05, 0) is 24.3 Å². The van der Waals surface area contributed by atoms with Gasteiger partial charge < -0.3 is 14.5 Å². The number of esters is 1. The third-order valence-corrected chi connectivity index (χ3v) is 3.39. The van der Waals surface area contributed by atoms with Gasteiger partial charge in [0.25, 0.3) is 5.76 Å². The molecule has 1 N–H and O–H groups in total. The van der Waals surface area contributed by atoms with E-state index in [0.717, 1.165) is 0 Å². The van der Waals surface area contributed by atoms with Crippen LogP contribution in [0.2, 0.25) is 0 Å². The number of nitrogens with one attached hydrogen (secondary N) is 1. The minimum Gasteiger partial charge on any atom is -0.463 e. The highest BCUT2D eigenvalue weighted by molar-refractivity contribution is 7.99. The lowest BCUT2D eigenvalue weighted by molar-refractivity contribution is 0.0563. The van der Waals surface area contributed by atoms with Crippen LogP contribution >= 0.6 is 11.8 Å². The number of carbonyl (C=O) groups is 1. The molecule has 0 aliphatic rings. The summed E-state index contributed by atoms with van der Waals surface area (Å²) < 4.78 is 34.7. The van der Waals surface area contributed by atoms with Crippen LogP contribution in [0, 0.1) is 0 Å². The second-order valence-corrected chi connectivity index (χ2v) is 5.02. The zero-order chi connectivity index (χ0) is 15.2. The molecule has 0 saturated heterocycles. The molecule has 0 spiro atoms. The molecule has 0 radical (unpaired) electrons. The summed E-state index contributed by atoms with van der Waals surface area (Å²) in [6.45, 7) is 0.276. The van der Waals surface area contributed by atoms with Crippen molar-refractivity contribution in [1.82, 2.24) is 0 Å². The molecule has 4 nitrogen and oxygen atoms in total. The molecule has 0 aliphatic carbocycles. The maximum absolute atomic E-state index is 12.5. The summed E-state index contributed by atoms with van der Waals surface area (Å²) in [7, 11) is 1.26. The van der Waals surface area contributed by atoms with Crippen molar-refractivity contribution < 1.29 is 22.7 Å². The second-order valence-electron chi connectivity index (χ2n) is 3.99. The third kappa shape index (κ3) is 4.22. The van der Waals surface area contributed by atoms with Gasteiger partial charge in [0, 0.05) is 10.6 Å². The summed E-state index contributed by atoms with van der Waals surface area (Å²) in [6.07, 6.45) is 0. The van der Waals surface area contributed by atoms with Gasteiger partial charge in [-0.3, -0.25) is 0 Å². The number of hydrogen-bond donors (Lipinski definition) is 1. The predicted molar refractivity (Wildman–Crippen MR) is 75.7 cm³/mol. The number of methoxy groups -OCH3 is 1. The third-order valence-electron chi connectivity index (χ3n) is 2.60. The highest BCUT2D eigenvalue weighted by Gasteiger charge is 2.12. The first-order valence-corrected chi connectivity index (χ1v) is 6.93. The summed E-state index contributed by atoms with van der Waals surface area (Å²) >= 11 is 0.473. The van der Waals surface area contributed by atoms with E-state index in [1.165, 1.54) is 13.2 Å². The number of hydrogen-bond acceptors (Lipinski definition) is 5. The van der Waals surface area contributed by atoms with Crippen molar-refractivity contribution in [3.63, 3.8) is 0 Å². The minimum atomic E-state index is -2.48. The van der Waals surface area contributed by atoms with E-state index in [1.807, 2.05) is 0 Å². The molecule has 112 valence electrons. The maximum atomic E-state index is 12.5. The van der Waals surface area contributed by atoms with E-state index in [-0.39, 0.29) is 12.3 Å². The molecule has 1 aromatic heterocycles. The van der Waals surface area contributed by atoms with Crippen LogP contribution in [0.5, 0.6) is 0 Å². The summed E-state index contributed by atoms with van der Waals surface area (Å²) in [5.74, 6) is -2.44. The number of para-hydroxylation sites is 1. The van der Waals surface area contributed by atoms with Crippen LogP contribution in [0.4, 0.5) is 14.5 Å². The average molecular weight is 313 g/mol. The van der Waals surface area contributed by atoms with Crippen molar-refractivity contribution in [1.29, 1.82) is 0 Å². The Bertz CT molecular complexity index is 616. The first-order valence-electron chi connectivity index (χ1n) is 6.05. The normalized spacial score (nSPS) is 10.7. The van der Waals surface area contributed by atoms with Crippen LogP contribution in [0.1, 0.15) is 16.3 Å². The highest BCUT2D eigenvalue weighted by atomic mass is 32.2. The standard InChI is InChI=1S/C14H13F2NO3S/c1-19-13(18)11-7-6-9(20-11)8-17-10-4-2-3-5-12(10)21-14(15)16/h2-7,14,17H,8H2,1H3. The molecule has 0 unspecified atom stereocenters. The van der Waals surface area contributed by atoms with Crippen LogP contribution in [0.25, 0.3) is 0 Å². The summed E-state index contributed by atoms with van der Waals surface area (Å²) in [4.78, 5) is 11.7. The number of halogens is 2. The molecule has 2 aromatic rings. The Hall–Kier alpha value is -2.02. The second kappa shape index (κ2) is 7.12. The molecule has 2 rings (SSSR count). The fourth-order valence-corrected chi connectivity index (χ4v) is 2.29. The molecular formula is C14H13F2NO3S. The molecule has 1 heterocycles. The van der Waals surface area contributed by atoms with Crippen molar-refractivity contribution in [3.8, 4) is 0 Å². The van der Waals surface area contributed by atoms with E-state index in [9.17, 15) is 13.6 Å². The van der Waals surface area contributed by atoms with Gasteiger partial charge in [0.1, 0.15) is 5.76 Å². The zero-order valence-electron chi connectivity index (χ0n) is 11.1. The van der Waals surface area contributed by atoms with Gasteiger partial charge in [-0.25, -0.2) is 4.79 Å². The molecule has 0 aliphatic heterocycles. The number of alkyl halides is 2. The van der Waals surface area contributed by atoms with Crippen LogP contribution < -0.4 is 5.32 Å². The van der Waals surface area contributed by atoms with Crippen LogP contribution in [-0.4, -0.2) is 18.8 Å². The van der Waals surface area contributed by atoms with E-state index in [1.54, 1.807) is 30.3 Å². The van der Waals surface area contributed by atoms with Gasteiger partial charge in [-0.1, -0.05) is 23.9 Å². The Balaban J connectivity index is 2.03. The van der Waals surface area contributed by atoms with E-state index in [0.29, 0.717) is 28.1 Å². The zero-order valence-corrected chi connectivity index (χ0v) is 12.0. The summed E-state index contributed by atoms with van der Waals surface area (Å²) in [5.41, 5.74) is 0.582. The number of carbonyl (C=O) groups excluding carboxylic acids is 1. The fraction of sp³-hybridized carbons (Fsp3) is 0.214. The van der Waals surface area contributed by atoms with Gasteiger partial charge in [0.2, 0.25) is 5.76 Å². The van der Waals surface area contributed by atoms with Crippen molar-refractivity contribution >= 4 is 23.4 Å². The Labute approximate surface area is 124 Å². The summed E-state index contributed by atoms with van der Waals surface area (Å²) in [5, 5.41) is 3.01. The lowest BCUT2D eigenvalue weighted by Crippen LogP contribution is -2.01. The fourth-order valence-electron chi connectivity index (χ4n) is 1.68. The number of thioether (sulfide) groups is 1. The molecule has 21 heavy (non-hydrogen) atoms. The molecule has 0 fully saturated rings. The SMILES string of the molecule is COC(=O)c1ccc(CNc2ccccc2SC(F)F)o1. The number of benzene rings is 1. The van der Waals surface area contributed by atoms with Gasteiger partial charge >= 0.3 is 5.97 Å². The Morgan fingerprint density at radius 3 is 2.81 bits per heavy atom. The predicted octanol–water partition coefficient (Wildman–Crippen LogP) is 3.99. The smallest absolute Gasteiger partial charge is 0.373 e. The van der Waals surface area contributed by atoms with E-state index < -0.39 is 11.7 Å². The molecule has 0 saturated carbocycles. The lowest BCUT2D eigenvalue weighted by atomic mass is 10.3. The van der Waals surface area contributed by atoms with Crippen molar-refractivity contribution in [2.45, 2.75) is 17.2 Å². The van der Waals surface area contributed by atoms with E-state index >= 15 is 0 Å².